The summed E-state index contributed by atoms with van der Waals surface area (Å²) in [6, 6.07) is 0. The van der Waals surface area contributed by atoms with E-state index in [4.69, 9.17) is 9.97 Å². The Kier molecular flexibility index (Phi) is 4.12. The van der Waals surface area contributed by atoms with Crippen molar-refractivity contribution in [3.63, 3.8) is 0 Å². The Bertz CT molecular complexity index is 862. The molecule has 0 bridgehead atoms. The quantitative estimate of drug-likeness (QED) is 0.759. The highest BCUT2D eigenvalue weighted by molar-refractivity contribution is 7.19. The van der Waals surface area contributed by atoms with Gasteiger partial charge in [0.05, 0.1) is 17.7 Å². The van der Waals surface area contributed by atoms with E-state index in [-0.39, 0.29) is 0 Å². The third-order valence-corrected chi connectivity index (χ3v) is 5.36. The van der Waals surface area contributed by atoms with Gasteiger partial charge in [-0.3, -0.25) is 4.98 Å². The summed E-state index contributed by atoms with van der Waals surface area (Å²) in [6.45, 7) is 2.22. The average molecular weight is 341 g/mol. The molecule has 0 amide bonds. The summed E-state index contributed by atoms with van der Waals surface area (Å²) in [5, 5.41) is 14.0. The maximum Gasteiger partial charge on any atom is 0.183 e. The minimum Gasteiger partial charge on any atom is -0.392 e. The van der Waals surface area contributed by atoms with Crippen molar-refractivity contribution in [3.05, 3.63) is 29.0 Å². The molecular formula is C17H19N5OS. The number of aromatic nitrogens is 4. The molecule has 0 unspecified atom stereocenters. The second-order valence-electron chi connectivity index (χ2n) is 6.11. The van der Waals surface area contributed by atoms with Gasteiger partial charge in [0.1, 0.15) is 16.3 Å². The van der Waals surface area contributed by atoms with Crippen LogP contribution in [-0.4, -0.2) is 37.7 Å². The molecule has 3 aromatic rings. The molecule has 0 spiro atoms. The largest absolute Gasteiger partial charge is 0.392 e. The van der Waals surface area contributed by atoms with Crippen molar-refractivity contribution in [1.82, 2.24) is 19.9 Å². The lowest BCUT2D eigenvalue weighted by Gasteiger charge is -2.14. The molecule has 24 heavy (non-hydrogen) atoms. The SMILES string of the molecule is C[C@H](O)CNc1nc(-c2cnccn2)nc2sc3c(c12)CCCC3. The van der Waals surface area contributed by atoms with Gasteiger partial charge in [0.2, 0.25) is 0 Å². The standard InChI is InChI=1S/C17H19N5OS/c1-10(23)8-20-16-14-11-4-2-3-5-13(11)24-17(14)22-15(21-16)12-9-18-6-7-19-12/h6-7,9-10,23H,2-5,8H2,1H3,(H,20,21,22)/t10-/m0/s1. The van der Waals surface area contributed by atoms with Crippen LogP contribution in [0.5, 0.6) is 0 Å². The number of anilines is 1. The monoisotopic (exact) mass is 341 g/mol. The fourth-order valence-electron chi connectivity index (χ4n) is 3.06. The van der Waals surface area contributed by atoms with E-state index in [1.165, 1.54) is 23.3 Å². The molecule has 0 fully saturated rings. The summed E-state index contributed by atoms with van der Waals surface area (Å²) in [6.07, 6.45) is 9.15. The van der Waals surface area contributed by atoms with Gasteiger partial charge in [-0.2, -0.15) is 0 Å². The van der Waals surface area contributed by atoms with Crippen LogP contribution in [0, 0.1) is 0 Å². The van der Waals surface area contributed by atoms with Gasteiger partial charge in [-0.15, -0.1) is 11.3 Å². The van der Waals surface area contributed by atoms with E-state index < -0.39 is 6.10 Å². The van der Waals surface area contributed by atoms with Crippen LogP contribution in [0.3, 0.4) is 0 Å². The molecule has 1 atom stereocenters. The van der Waals surface area contributed by atoms with E-state index in [1.807, 2.05) is 0 Å². The van der Waals surface area contributed by atoms with Gasteiger partial charge >= 0.3 is 0 Å². The van der Waals surface area contributed by atoms with Crippen LogP contribution in [0.25, 0.3) is 21.7 Å². The van der Waals surface area contributed by atoms with E-state index in [0.717, 1.165) is 28.9 Å². The number of aliphatic hydroxyl groups excluding tert-OH is 1. The summed E-state index contributed by atoms with van der Waals surface area (Å²) in [4.78, 5) is 20.3. The van der Waals surface area contributed by atoms with E-state index in [9.17, 15) is 5.11 Å². The first-order valence-electron chi connectivity index (χ1n) is 8.23. The molecule has 3 heterocycles. The van der Waals surface area contributed by atoms with Gasteiger partial charge in [-0.1, -0.05) is 0 Å². The summed E-state index contributed by atoms with van der Waals surface area (Å²) in [5.74, 6) is 1.36. The maximum atomic E-state index is 9.64. The number of hydrogen-bond donors (Lipinski definition) is 2. The number of aliphatic hydroxyl groups is 1. The molecule has 0 aliphatic heterocycles. The minimum absolute atomic E-state index is 0.440. The van der Waals surface area contributed by atoms with Gasteiger partial charge in [-0.25, -0.2) is 15.0 Å². The Morgan fingerprint density at radius 3 is 2.92 bits per heavy atom. The summed E-state index contributed by atoms with van der Waals surface area (Å²) >= 11 is 1.76. The Morgan fingerprint density at radius 2 is 2.12 bits per heavy atom. The number of aryl methyl sites for hydroxylation is 2. The van der Waals surface area contributed by atoms with Crippen LogP contribution in [0.2, 0.25) is 0 Å². The van der Waals surface area contributed by atoms with E-state index in [2.05, 4.69) is 15.3 Å². The summed E-state index contributed by atoms with van der Waals surface area (Å²) in [5.41, 5.74) is 2.03. The molecule has 1 aliphatic carbocycles. The van der Waals surface area contributed by atoms with Gasteiger partial charge < -0.3 is 10.4 Å². The number of fused-ring (bicyclic) bond motifs is 3. The van der Waals surface area contributed by atoms with Gasteiger partial charge in [0, 0.05) is 23.8 Å². The molecule has 1 aliphatic rings. The summed E-state index contributed by atoms with van der Waals surface area (Å²) in [7, 11) is 0. The van der Waals surface area contributed by atoms with Crippen LogP contribution < -0.4 is 5.32 Å². The molecule has 0 saturated heterocycles. The van der Waals surface area contributed by atoms with Crippen LogP contribution >= 0.6 is 11.3 Å². The topological polar surface area (TPSA) is 83.8 Å². The molecule has 0 saturated carbocycles. The fourth-order valence-corrected chi connectivity index (χ4v) is 4.32. The highest BCUT2D eigenvalue weighted by Crippen LogP contribution is 2.39. The molecule has 4 rings (SSSR count). The molecular weight excluding hydrogens is 322 g/mol. The van der Waals surface area contributed by atoms with Crippen molar-refractivity contribution >= 4 is 27.4 Å². The minimum atomic E-state index is -0.440. The van der Waals surface area contributed by atoms with Crippen molar-refractivity contribution in [3.8, 4) is 11.5 Å². The average Bonchev–Trinajstić information content (AvgIpc) is 2.99. The lowest BCUT2D eigenvalue weighted by atomic mass is 9.97. The predicted molar refractivity (Wildman–Crippen MR) is 95.3 cm³/mol. The predicted octanol–water partition coefficient (Wildman–Crippen LogP) is 2.82. The van der Waals surface area contributed by atoms with Gasteiger partial charge in [0.15, 0.2) is 5.82 Å². The summed E-state index contributed by atoms with van der Waals surface area (Å²) < 4.78 is 0. The Hall–Kier alpha value is -2.12. The van der Waals surface area contributed by atoms with Crippen molar-refractivity contribution in [2.75, 3.05) is 11.9 Å². The first-order chi connectivity index (χ1) is 11.7. The zero-order chi connectivity index (χ0) is 16.5. The maximum absolute atomic E-state index is 9.64. The molecule has 2 N–H and O–H groups in total. The molecule has 0 radical (unpaired) electrons. The van der Waals surface area contributed by atoms with E-state index in [0.29, 0.717) is 18.1 Å². The second-order valence-corrected chi connectivity index (χ2v) is 7.19. The van der Waals surface area contributed by atoms with Crippen LogP contribution in [0.15, 0.2) is 18.6 Å². The Balaban J connectivity index is 1.88. The van der Waals surface area contributed by atoms with Crippen molar-refractivity contribution in [2.45, 2.75) is 38.7 Å². The molecule has 3 aromatic heterocycles. The second kappa shape index (κ2) is 6.41. The van der Waals surface area contributed by atoms with Crippen molar-refractivity contribution in [1.29, 1.82) is 0 Å². The Morgan fingerprint density at radius 1 is 1.25 bits per heavy atom. The number of rotatable bonds is 4. The van der Waals surface area contributed by atoms with Crippen LogP contribution in [0.1, 0.15) is 30.2 Å². The first-order valence-corrected chi connectivity index (χ1v) is 9.04. The molecule has 6 nitrogen and oxygen atoms in total. The number of nitrogens with zero attached hydrogens (tertiary/aromatic N) is 4. The number of thiophene rings is 1. The number of nitrogens with one attached hydrogen (secondary N) is 1. The van der Waals surface area contributed by atoms with Gasteiger partial charge in [-0.05, 0) is 38.2 Å². The van der Waals surface area contributed by atoms with Crippen molar-refractivity contribution < 1.29 is 5.11 Å². The van der Waals surface area contributed by atoms with E-state index in [1.54, 1.807) is 36.9 Å². The van der Waals surface area contributed by atoms with Crippen LogP contribution in [0.4, 0.5) is 5.82 Å². The lowest BCUT2D eigenvalue weighted by Crippen LogP contribution is -2.17. The van der Waals surface area contributed by atoms with E-state index >= 15 is 0 Å². The number of hydrogen-bond acceptors (Lipinski definition) is 7. The Labute approximate surface area is 144 Å². The molecule has 7 heteroatoms. The van der Waals surface area contributed by atoms with Crippen LogP contribution in [-0.2, 0) is 12.8 Å². The third-order valence-electron chi connectivity index (χ3n) is 4.17. The third kappa shape index (κ3) is 2.85. The first kappa shape index (κ1) is 15.4. The zero-order valence-electron chi connectivity index (χ0n) is 13.5. The highest BCUT2D eigenvalue weighted by Gasteiger charge is 2.21. The normalized spacial score (nSPS) is 15.2. The van der Waals surface area contributed by atoms with Crippen molar-refractivity contribution in [2.24, 2.45) is 0 Å². The lowest BCUT2D eigenvalue weighted by molar-refractivity contribution is 0.208. The zero-order valence-corrected chi connectivity index (χ0v) is 14.3. The van der Waals surface area contributed by atoms with Gasteiger partial charge in [0.25, 0.3) is 0 Å². The molecule has 124 valence electrons. The smallest absolute Gasteiger partial charge is 0.183 e. The molecule has 0 aromatic carbocycles. The fraction of sp³-hybridized carbons (Fsp3) is 0.412. The highest BCUT2D eigenvalue weighted by atomic mass is 32.1.